The predicted octanol–water partition coefficient (Wildman–Crippen LogP) is 4.81. The second kappa shape index (κ2) is 7.06. The molecule has 27 heavy (non-hydrogen) atoms. The Hall–Kier alpha value is -1.65. The molecule has 1 aliphatic heterocycles. The van der Waals surface area contributed by atoms with Crippen molar-refractivity contribution < 1.29 is 4.79 Å². The SMILES string of the molecule is Cc1ccc(C2(N(C)C)CCC3(CC2)CC(=O)N(Cc2ccccc2)C3)s1. The first-order chi connectivity index (χ1) is 12.9. The highest BCUT2D eigenvalue weighted by atomic mass is 32.1. The molecule has 0 unspecified atom stereocenters. The molecule has 2 fully saturated rings. The van der Waals surface area contributed by atoms with Gasteiger partial charge in [0.25, 0.3) is 0 Å². The van der Waals surface area contributed by atoms with Crippen molar-refractivity contribution in [2.75, 3.05) is 20.6 Å². The molecule has 1 aliphatic carbocycles. The summed E-state index contributed by atoms with van der Waals surface area (Å²) in [4.78, 5) is 20.1. The molecule has 1 aromatic heterocycles. The number of amides is 1. The van der Waals surface area contributed by atoms with Crippen LogP contribution in [0.25, 0.3) is 0 Å². The van der Waals surface area contributed by atoms with Crippen molar-refractivity contribution in [1.82, 2.24) is 9.80 Å². The first kappa shape index (κ1) is 18.7. The lowest BCUT2D eigenvalue weighted by Crippen LogP contribution is -2.47. The van der Waals surface area contributed by atoms with Crippen LogP contribution in [0.4, 0.5) is 0 Å². The Morgan fingerprint density at radius 2 is 1.74 bits per heavy atom. The molecule has 2 heterocycles. The molecular weight excluding hydrogens is 352 g/mol. The quantitative estimate of drug-likeness (QED) is 0.758. The van der Waals surface area contributed by atoms with Gasteiger partial charge in [0.05, 0.1) is 5.54 Å². The zero-order valence-electron chi connectivity index (χ0n) is 16.7. The van der Waals surface area contributed by atoms with E-state index in [2.05, 4.69) is 67.2 Å². The van der Waals surface area contributed by atoms with Crippen LogP contribution < -0.4 is 0 Å². The smallest absolute Gasteiger partial charge is 0.223 e. The largest absolute Gasteiger partial charge is 0.338 e. The van der Waals surface area contributed by atoms with Crippen LogP contribution in [-0.2, 0) is 16.9 Å². The van der Waals surface area contributed by atoms with Crippen LogP contribution in [0.3, 0.4) is 0 Å². The predicted molar refractivity (Wildman–Crippen MR) is 112 cm³/mol. The van der Waals surface area contributed by atoms with Crippen LogP contribution in [0.15, 0.2) is 42.5 Å². The van der Waals surface area contributed by atoms with Crippen molar-refractivity contribution in [3.05, 3.63) is 57.8 Å². The molecule has 0 bridgehead atoms. The van der Waals surface area contributed by atoms with Gasteiger partial charge in [0, 0.05) is 29.3 Å². The number of hydrogen-bond acceptors (Lipinski definition) is 3. The number of rotatable bonds is 4. The maximum atomic E-state index is 12.7. The van der Waals surface area contributed by atoms with Gasteiger partial charge < -0.3 is 4.90 Å². The van der Waals surface area contributed by atoms with Crippen LogP contribution >= 0.6 is 11.3 Å². The Morgan fingerprint density at radius 1 is 1.04 bits per heavy atom. The van der Waals surface area contributed by atoms with Gasteiger partial charge in [-0.15, -0.1) is 11.3 Å². The molecule has 1 saturated heterocycles. The monoisotopic (exact) mass is 382 g/mol. The number of carbonyl (C=O) groups is 1. The van der Waals surface area contributed by atoms with Gasteiger partial charge in [-0.05, 0) is 69.8 Å². The lowest BCUT2D eigenvalue weighted by molar-refractivity contribution is -0.128. The zero-order chi connectivity index (χ0) is 19.1. The van der Waals surface area contributed by atoms with Crippen molar-refractivity contribution in [2.45, 2.75) is 51.1 Å². The van der Waals surface area contributed by atoms with Crippen molar-refractivity contribution >= 4 is 17.2 Å². The molecule has 0 radical (unpaired) electrons. The van der Waals surface area contributed by atoms with Crippen molar-refractivity contribution in [2.24, 2.45) is 5.41 Å². The van der Waals surface area contributed by atoms with E-state index in [9.17, 15) is 4.79 Å². The summed E-state index contributed by atoms with van der Waals surface area (Å²) < 4.78 is 0. The number of thiophene rings is 1. The first-order valence-corrected chi connectivity index (χ1v) is 10.8. The number of aryl methyl sites for hydroxylation is 1. The first-order valence-electron chi connectivity index (χ1n) is 9.99. The molecular formula is C23H30N2OS. The van der Waals surface area contributed by atoms with Crippen molar-refractivity contribution in [3.8, 4) is 0 Å². The summed E-state index contributed by atoms with van der Waals surface area (Å²) in [6.45, 7) is 3.87. The van der Waals surface area contributed by atoms with E-state index in [4.69, 9.17) is 0 Å². The van der Waals surface area contributed by atoms with E-state index in [1.807, 2.05) is 17.4 Å². The fourth-order valence-corrected chi connectivity index (χ4v) is 6.25. The lowest BCUT2D eigenvalue weighted by atomic mass is 9.66. The third kappa shape index (κ3) is 3.45. The van der Waals surface area contributed by atoms with E-state index in [-0.39, 0.29) is 11.0 Å². The number of carbonyl (C=O) groups excluding carboxylic acids is 1. The van der Waals surface area contributed by atoms with Gasteiger partial charge in [-0.1, -0.05) is 30.3 Å². The Kier molecular flexibility index (Phi) is 4.89. The minimum absolute atomic E-state index is 0.139. The average Bonchev–Trinajstić information content (AvgIpc) is 3.21. The highest BCUT2D eigenvalue weighted by Crippen LogP contribution is 2.53. The number of nitrogens with zero attached hydrogens (tertiary/aromatic N) is 2. The molecule has 144 valence electrons. The van der Waals surface area contributed by atoms with E-state index >= 15 is 0 Å². The van der Waals surface area contributed by atoms with E-state index in [0.29, 0.717) is 5.91 Å². The molecule has 1 aromatic carbocycles. The second-order valence-corrected chi connectivity index (χ2v) is 10.0. The molecule has 4 heteroatoms. The third-order valence-electron chi connectivity index (χ3n) is 6.81. The summed E-state index contributed by atoms with van der Waals surface area (Å²) in [5.41, 5.74) is 1.55. The molecule has 4 rings (SSSR count). The average molecular weight is 383 g/mol. The van der Waals surface area contributed by atoms with E-state index in [1.54, 1.807) is 0 Å². The van der Waals surface area contributed by atoms with Crippen molar-refractivity contribution in [1.29, 1.82) is 0 Å². The van der Waals surface area contributed by atoms with Gasteiger partial charge in [-0.25, -0.2) is 0 Å². The number of hydrogen-bond donors (Lipinski definition) is 0. The molecule has 0 N–H and O–H groups in total. The van der Waals surface area contributed by atoms with E-state index in [0.717, 1.165) is 45.2 Å². The zero-order valence-corrected chi connectivity index (χ0v) is 17.5. The maximum absolute atomic E-state index is 12.7. The molecule has 2 aliphatic rings. The van der Waals surface area contributed by atoms with Gasteiger partial charge in [0.1, 0.15) is 0 Å². The summed E-state index contributed by atoms with van der Waals surface area (Å²) in [6, 6.07) is 15.0. The summed E-state index contributed by atoms with van der Waals surface area (Å²) in [5.74, 6) is 0.336. The van der Waals surface area contributed by atoms with Gasteiger partial charge >= 0.3 is 0 Å². The second-order valence-electron chi connectivity index (χ2n) is 8.75. The number of benzene rings is 1. The molecule has 3 nitrogen and oxygen atoms in total. The fourth-order valence-electron chi connectivity index (χ4n) is 5.06. The summed E-state index contributed by atoms with van der Waals surface area (Å²) in [5, 5.41) is 0. The molecule has 1 saturated carbocycles. The highest BCUT2D eigenvalue weighted by Gasteiger charge is 2.50. The summed E-state index contributed by atoms with van der Waals surface area (Å²) >= 11 is 1.94. The third-order valence-corrected chi connectivity index (χ3v) is 8.01. The van der Waals surface area contributed by atoms with Gasteiger partial charge in [-0.3, -0.25) is 9.69 Å². The van der Waals surface area contributed by atoms with Crippen LogP contribution in [0.1, 0.15) is 47.4 Å². The highest BCUT2D eigenvalue weighted by molar-refractivity contribution is 7.12. The van der Waals surface area contributed by atoms with Crippen LogP contribution in [0.2, 0.25) is 0 Å². The summed E-state index contributed by atoms with van der Waals surface area (Å²) in [6.07, 6.45) is 5.30. The summed E-state index contributed by atoms with van der Waals surface area (Å²) in [7, 11) is 4.43. The van der Waals surface area contributed by atoms with Crippen molar-refractivity contribution in [3.63, 3.8) is 0 Å². The van der Waals surface area contributed by atoms with E-state index in [1.165, 1.54) is 15.3 Å². The van der Waals surface area contributed by atoms with Crippen LogP contribution in [-0.4, -0.2) is 36.3 Å². The molecule has 1 spiro atoms. The Balaban J connectivity index is 1.48. The Morgan fingerprint density at radius 3 is 2.33 bits per heavy atom. The number of likely N-dealkylation sites (tertiary alicyclic amines) is 1. The van der Waals surface area contributed by atoms with Crippen LogP contribution in [0.5, 0.6) is 0 Å². The Bertz CT molecular complexity index is 803. The molecule has 2 aromatic rings. The van der Waals surface area contributed by atoms with Gasteiger partial charge in [0.15, 0.2) is 0 Å². The molecule has 1 amide bonds. The molecule has 0 atom stereocenters. The lowest BCUT2D eigenvalue weighted by Gasteiger charge is -2.48. The maximum Gasteiger partial charge on any atom is 0.223 e. The standard InChI is InChI=1S/C23H30N2OS/c1-18-9-10-20(27-18)23(24(2)3)13-11-22(12-14-23)15-21(26)25(17-22)16-19-7-5-4-6-8-19/h4-10H,11-17H2,1-3H3. The van der Waals surface area contributed by atoms with E-state index < -0.39 is 0 Å². The fraction of sp³-hybridized carbons (Fsp3) is 0.522. The minimum atomic E-state index is 0.139. The topological polar surface area (TPSA) is 23.6 Å². The minimum Gasteiger partial charge on any atom is -0.338 e. The van der Waals surface area contributed by atoms with Crippen LogP contribution in [0, 0.1) is 12.3 Å². The van der Waals surface area contributed by atoms with Gasteiger partial charge in [0.2, 0.25) is 5.91 Å². The normalized spacial score (nSPS) is 28.4. The van der Waals surface area contributed by atoms with Gasteiger partial charge in [-0.2, -0.15) is 0 Å². The Labute approximate surface area is 167 Å².